The number of nitriles is 1. The van der Waals surface area contributed by atoms with E-state index < -0.39 is 0 Å². The van der Waals surface area contributed by atoms with E-state index in [-0.39, 0.29) is 6.04 Å². The van der Waals surface area contributed by atoms with E-state index in [4.69, 9.17) is 11.0 Å². The molecule has 0 unspecified atom stereocenters. The lowest BCUT2D eigenvalue weighted by Gasteiger charge is -2.04. The third kappa shape index (κ3) is 1.79. The Morgan fingerprint density at radius 1 is 1.82 bits per heavy atom. The molecule has 0 radical (unpaired) electrons. The zero-order chi connectivity index (χ0) is 8.27. The molecule has 0 amide bonds. The van der Waals surface area contributed by atoms with E-state index >= 15 is 0 Å². The van der Waals surface area contributed by atoms with E-state index in [2.05, 4.69) is 6.07 Å². The summed E-state index contributed by atoms with van der Waals surface area (Å²) in [5.74, 6) is 0. The predicted octanol–water partition coefficient (Wildman–Crippen LogP) is 1.97. The molecule has 1 aromatic heterocycles. The highest BCUT2D eigenvalue weighted by atomic mass is 32.1. The molecule has 0 saturated heterocycles. The summed E-state index contributed by atoms with van der Waals surface area (Å²) >= 11 is 1.62. The molecule has 0 bridgehead atoms. The van der Waals surface area contributed by atoms with E-state index in [1.54, 1.807) is 11.3 Å². The van der Waals surface area contributed by atoms with Crippen LogP contribution in [0.15, 0.2) is 11.4 Å². The fourth-order valence-electron chi connectivity index (χ4n) is 0.955. The van der Waals surface area contributed by atoms with Crippen molar-refractivity contribution >= 4 is 11.3 Å². The Hall–Kier alpha value is -0.850. The molecule has 0 fully saturated rings. The number of aryl methyl sites for hydroxylation is 1. The van der Waals surface area contributed by atoms with Gasteiger partial charge in [0.25, 0.3) is 0 Å². The number of nitrogens with zero attached hydrogens (tertiary/aromatic N) is 1. The quantitative estimate of drug-likeness (QED) is 0.730. The molecule has 0 aromatic carbocycles. The molecular weight excluding hydrogens is 156 g/mol. The standard InChI is InChI=1S/C8H10N2S/c1-6-3-5-11-8(6)7(10)2-4-9/h3,5,7H,2,10H2,1H3/t7-/m0/s1. The highest BCUT2D eigenvalue weighted by Gasteiger charge is 2.08. The summed E-state index contributed by atoms with van der Waals surface area (Å²) in [6, 6.07) is 3.99. The first-order chi connectivity index (χ1) is 5.25. The van der Waals surface area contributed by atoms with Gasteiger partial charge in [-0.1, -0.05) is 0 Å². The van der Waals surface area contributed by atoms with Gasteiger partial charge in [-0.2, -0.15) is 5.26 Å². The zero-order valence-corrected chi connectivity index (χ0v) is 7.19. The summed E-state index contributed by atoms with van der Waals surface area (Å²) < 4.78 is 0. The second kappa shape index (κ2) is 3.51. The molecule has 11 heavy (non-hydrogen) atoms. The Balaban J connectivity index is 2.77. The largest absolute Gasteiger partial charge is 0.322 e. The molecule has 0 saturated carbocycles. The molecule has 2 nitrogen and oxygen atoms in total. The first-order valence-corrected chi connectivity index (χ1v) is 4.30. The summed E-state index contributed by atoms with van der Waals surface area (Å²) in [5, 5.41) is 10.4. The van der Waals surface area contributed by atoms with Crippen LogP contribution in [0.5, 0.6) is 0 Å². The summed E-state index contributed by atoms with van der Waals surface area (Å²) in [4.78, 5) is 1.13. The number of hydrogen-bond donors (Lipinski definition) is 1. The maximum Gasteiger partial charge on any atom is 0.0642 e. The van der Waals surface area contributed by atoms with Gasteiger partial charge < -0.3 is 5.73 Å². The lowest BCUT2D eigenvalue weighted by Crippen LogP contribution is -2.08. The van der Waals surface area contributed by atoms with E-state index in [9.17, 15) is 0 Å². The average molecular weight is 166 g/mol. The van der Waals surface area contributed by atoms with Crippen LogP contribution >= 0.6 is 11.3 Å². The summed E-state index contributed by atoms with van der Waals surface area (Å²) in [7, 11) is 0. The van der Waals surface area contributed by atoms with Crippen LogP contribution in [0.25, 0.3) is 0 Å². The number of rotatable bonds is 2. The van der Waals surface area contributed by atoms with Crippen molar-refractivity contribution in [2.75, 3.05) is 0 Å². The van der Waals surface area contributed by atoms with Crippen molar-refractivity contribution in [3.8, 4) is 6.07 Å². The van der Waals surface area contributed by atoms with Crippen LogP contribution in [0.3, 0.4) is 0 Å². The molecule has 2 N–H and O–H groups in total. The minimum Gasteiger partial charge on any atom is -0.322 e. The topological polar surface area (TPSA) is 49.8 Å². The highest BCUT2D eigenvalue weighted by Crippen LogP contribution is 2.23. The monoisotopic (exact) mass is 166 g/mol. The number of nitrogens with two attached hydrogens (primary N) is 1. The van der Waals surface area contributed by atoms with Crippen LogP contribution in [0.4, 0.5) is 0 Å². The molecule has 1 rings (SSSR count). The van der Waals surface area contributed by atoms with Crippen LogP contribution in [0.2, 0.25) is 0 Å². The fourth-order valence-corrected chi connectivity index (χ4v) is 1.89. The van der Waals surface area contributed by atoms with E-state index in [0.717, 1.165) is 4.88 Å². The molecular formula is C8H10N2S. The van der Waals surface area contributed by atoms with E-state index in [1.807, 2.05) is 18.4 Å². The van der Waals surface area contributed by atoms with Crippen LogP contribution in [0.1, 0.15) is 22.9 Å². The summed E-state index contributed by atoms with van der Waals surface area (Å²) in [6.07, 6.45) is 0.404. The van der Waals surface area contributed by atoms with Crippen LogP contribution in [0, 0.1) is 18.3 Å². The Kier molecular flexibility index (Phi) is 2.64. The average Bonchev–Trinajstić information content (AvgIpc) is 2.36. The molecule has 0 aliphatic carbocycles. The maximum absolute atomic E-state index is 8.40. The van der Waals surface area contributed by atoms with Gasteiger partial charge in [-0.05, 0) is 23.9 Å². The number of thiophene rings is 1. The Morgan fingerprint density at radius 2 is 2.55 bits per heavy atom. The van der Waals surface area contributed by atoms with Gasteiger partial charge in [-0.15, -0.1) is 11.3 Å². The lowest BCUT2D eigenvalue weighted by atomic mass is 10.1. The van der Waals surface area contributed by atoms with Crippen LogP contribution in [-0.4, -0.2) is 0 Å². The van der Waals surface area contributed by atoms with Gasteiger partial charge in [0.15, 0.2) is 0 Å². The van der Waals surface area contributed by atoms with Gasteiger partial charge in [-0.25, -0.2) is 0 Å². The Bertz CT molecular complexity index is 272. The van der Waals surface area contributed by atoms with Crippen molar-refractivity contribution in [1.29, 1.82) is 5.26 Å². The Morgan fingerprint density at radius 3 is 3.00 bits per heavy atom. The van der Waals surface area contributed by atoms with Gasteiger partial charge in [-0.3, -0.25) is 0 Å². The third-order valence-electron chi connectivity index (χ3n) is 1.55. The minimum atomic E-state index is -0.0972. The number of hydrogen-bond acceptors (Lipinski definition) is 3. The lowest BCUT2D eigenvalue weighted by molar-refractivity contribution is 0.759. The molecule has 3 heteroatoms. The van der Waals surface area contributed by atoms with Crippen molar-refractivity contribution < 1.29 is 0 Å². The van der Waals surface area contributed by atoms with E-state index in [1.165, 1.54) is 5.56 Å². The minimum absolute atomic E-state index is 0.0972. The first-order valence-electron chi connectivity index (χ1n) is 3.42. The van der Waals surface area contributed by atoms with Crippen molar-refractivity contribution in [2.24, 2.45) is 5.73 Å². The van der Waals surface area contributed by atoms with Gasteiger partial charge in [0.05, 0.1) is 18.5 Å². The van der Waals surface area contributed by atoms with Crippen molar-refractivity contribution in [3.63, 3.8) is 0 Å². The smallest absolute Gasteiger partial charge is 0.0642 e. The summed E-state index contributed by atoms with van der Waals surface area (Å²) in [5.41, 5.74) is 6.93. The molecule has 0 spiro atoms. The first kappa shape index (κ1) is 8.25. The van der Waals surface area contributed by atoms with Gasteiger partial charge in [0.2, 0.25) is 0 Å². The molecule has 1 aromatic rings. The van der Waals surface area contributed by atoms with Crippen molar-refractivity contribution in [1.82, 2.24) is 0 Å². The molecule has 1 atom stereocenters. The van der Waals surface area contributed by atoms with Crippen LogP contribution in [-0.2, 0) is 0 Å². The second-order valence-corrected chi connectivity index (χ2v) is 3.38. The molecule has 1 heterocycles. The fraction of sp³-hybridized carbons (Fsp3) is 0.375. The Labute approximate surface area is 70.3 Å². The normalized spacial score (nSPS) is 12.5. The van der Waals surface area contributed by atoms with Gasteiger partial charge in [0.1, 0.15) is 0 Å². The van der Waals surface area contributed by atoms with Crippen LogP contribution < -0.4 is 5.73 Å². The van der Waals surface area contributed by atoms with Gasteiger partial charge in [0, 0.05) is 4.88 Å². The molecule has 0 aliphatic heterocycles. The summed E-state index contributed by atoms with van der Waals surface area (Å²) in [6.45, 7) is 2.02. The molecule has 58 valence electrons. The molecule has 0 aliphatic rings. The highest BCUT2D eigenvalue weighted by molar-refractivity contribution is 7.10. The SMILES string of the molecule is Cc1ccsc1[C@@H](N)CC#N. The maximum atomic E-state index is 8.40. The third-order valence-corrected chi connectivity index (χ3v) is 2.70. The van der Waals surface area contributed by atoms with Gasteiger partial charge >= 0.3 is 0 Å². The predicted molar refractivity (Wildman–Crippen MR) is 46.2 cm³/mol. The van der Waals surface area contributed by atoms with Crippen molar-refractivity contribution in [3.05, 3.63) is 21.9 Å². The van der Waals surface area contributed by atoms with Crippen molar-refractivity contribution in [2.45, 2.75) is 19.4 Å². The second-order valence-electron chi connectivity index (χ2n) is 2.44. The van der Waals surface area contributed by atoms with E-state index in [0.29, 0.717) is 6.42 Å². The zero-order valence-electron chi connectivity index (χ0n) is 6.37.